The van der Waals surface area contributed by atoms with E-state index in [2.05, 4.69) is 10.6 Å². The summed E-state index contributed by atoms with van der Waals surface area (Å²) in [7, 11) is 0. The summed E-state index contributed by atoms with van der Waals surface area (Å²) in [4.78, 5) is 22.1. The summed E-state index contributed by atoms with van der Waals surface area (Å²) in [6.07, 6.45) is 2.10. The van der Waals surface area contributed by atoms with Crippen molar-refractivity contribution in [1.82, 2.24) is 10.6 Å². The van der Waals surface area contributed by atoms with Crippen LogP contribution < -0.4 is 10.6 Å². The lowest BCUT2D eigenvalue weighted by Gasteiger charge is -2.13. The lowest BCUT2D eigenvalue weighted by molar-refractivity contribution is -0.384. The van der Waals surface area contributed by atoms with Crippen molar-refractivity contribution in [3.8, 4) is 0 Å². The highest BCUT2D eigenvalue weighted by Gasteiger charge is 2.16. The van der Waals surface area contributed by atoms with E-state index in [1.165, 1.54) is 24.3 Å². The Morgan fingerprint density at radius 1 is 1.52 bits per heavy atom. The Kier molecular flexibility index (Phi) is 5.18. The fourth-order valence-electron chi connectivity index (χ4n) is 1.99. The number of hydrogen-bond acceptors (Lipinski definition) is 5. The molecule has 1 atom stereocenters. The summed E-state index contributed by atoms with van der Waals surface area (Å²) in [6.45, 7) is 1.28. The molecule has 1 saturated heterocycles. The molecule has 0 bridgehead atoms. The molecule has 0 saturated carbocycles. The Morgan fingerprint density at radius 3 is 3.00 bits per heavy atom. The summed E-state index contributed by atoms with van der Waals surface area (Å²) in [5, 5.41) is 16.2. The SMILES string of the molecule is O=C(NC(=S)NC[C@H]1CCCO1)c1cccc([N+](=O)[O-])c1. The maximum absolute atomic E-state index is 11.9. The average molecular weight is 309 g/mol. The van der Waals surface area contributed by atoms with Crippen molar-refractivity contribution in [3.05, 3.63) is 39.9 Å². The summed E-state index contributed by atoms with van der Waals surface area (Å²) < 4.78 is 5.43. The Morgan fingerprint density at radius 2 is 2.33 bits per heavy atom. The second-order valence-electron chi connectivity index (χ2n) is 4.61. The number of non-ortho nitro benzene ring substituents is 1. The highest BCUT2D eigenvalue weighted by atomic mass is 32.1. The lowest BCUT2D eigenvalue weighted by Crippen LogP contribution is -2.42. The third kappa shape index (κ3) is 4.47. The van der Waals surface area contributed by atoms with Gasteiger partial charge >= 0.3 is 0 Å². The molecule has 1 aliphatic rings. The zero-order chi connectivity index (χ0) is 15.2. The van der Waals surface area contributed by atoms with Gasteiger partial charge in [0.1, 0.15) is 0 Å². The van der Waals surface area contributed by atoms with Gasteiger partial charge in [-0.25, -0.2) is 0 Å². The normalized spacial score (nSPS) is 17.2. The minimum atomic E-state index is -0.551. The lowest BCUT2D eigenvalue weighted by atomic mass is 10.2. The molecule has 2 rings (SSSR count). The van der Waals surface area contributed by atoms with Gasteiger partial charge in [-0.2, -0.15) is 0 Å². The van der Waals surface area contributed by atoms with Crippen molar-refractivity contribution in [2.75, 3.05) is 13.2 Å². The van der Waals surface area contributed by atoms with E-state index in [1.54, 1.807) is 0 Å². The number of nitrogens with one attached hydrogen (secondary N) is 2. The summed E-state index contributed by atoms with van der Waals surface area (Å²) in [5.74, 6) is -0.483. The fraction of sp³-hybridized carbons (Fsp3) is 0.385. The number of nitro groups is 1. The van der Waals surface area contributed by atoms with Crippen molar-refractivity contribution in [2.24, 2.45) is 0 Å². The van der Waals surface area contributed by atoms with Crippen LogP contribution in [0.15, 0.2) is 24.3 Å². The highest BCUT2D eigenvalue weighted by molar-refractivity contribution is 7.80. The predicted molar refractivity (Wildman–Crippen MR) is 80.1 cm³/mol. The monoisotopic (exact) mass is 309 g/mol. The van der Waals surface area contributed by atoms with Crippen molar-refractivity contribution < 1.29 is 14.5 Å². The zero-order valence-electron chi connectivity index (χ0n) is 11.2. The number of thiocarbonyl (C=S) groups is 1. The van der Waals surface area contributed by atoms with Gasteiger partial charge in [-0.05, 0) is 31.1 Å². The Labute approximate surface area is 126 Å². The standard InChI is InChI=1S/C13H15N3O4S/c17-12(9-3-1-4-10(7-9)16(18)19)15-13(21)14-8-11-5-2-6-20-11/h1,3-4,7,11H,2,5-6,8H2,(H2,14,15,17,21)/t11-/m1/s1. The minimum absolute atomic E-state index is 0.109. The van der Waals surface area contributed by atoms with Gasteiger partial charge in [-0.1, -0.05) is 6.07 Å². The molecule has 1 aliphatic heterocycles. The molecule has 1 amide bonds. The van der Waals surface area contributed by atoms with Crippen molar-refractivity contribution >= 4 is 28.9 Å². The Balaban J connectivity index is 1.86. The van der Waals surface area contributed by atoms with E-state index in [1.807, 2.05) is 0 Å². The molecule has 8 heteroatoms. The number of nitrogens with zero attached hydrogens (tertiary/aromatic N) is 1. The third-order valence-corrected chi connectivity index (χ3v) is 3.31. The van der Waals surface area contributed by atoms with Crippen LogP contribution in [0.5, 0.6) is 0 Å². The van der Waals surface area contributed by atoms with Crippen molar-refractivity contribution in [2.45, 2.75) is 18.9 Å². The molecule has 1 fully saturated rings. The van der Waals surface area contributed by atoms with Crippen LogP contribution in [0.1, 0.15) is 23.2 Å². The first-order valence-corrected chi connectivity index (χ1v) is 6.92. The number of ether oxygens (including phenoxy) is 1. The van der Waals surface area contributed by atoms with E-state index in [4.69, 9.17) is 17.0 Å². The first kappa shape index (κ1) is 15.3. The zero-order valence-corrected chi connectivity index (χ0v) is 12.0. The quantitative estimate of drug-likeness (QED) is 0.496. The topological polar surface area (TPSA) is 93.5 Å². The third-order valence-electron chi connectivity index (χ3n) is 3.06. The second kappa shape index (κ2) is 7.09. The van der Waals surface area contributed by atoms with Crippen LogP contribution in [0, 0.1) is 10.1 Å². The van der Waals surface area contributed by atoms with Gasteiger partial charge in [0.2, 0.25) is 0 Å². The Bertz CT molecular complexity index is 558. The van der Waals surface area contributed by atoms with Crippen LogP contribution in [0.3, 0.4) is 0 Å². The number of amides is 1. The van der Waals surface area contributed by atoms with Crippen LogP contribution in [0.4, 0.5) is 5.69 Å². The summed E-state index contributed by atoms with van der Waals surface area (Å²) in [5.41, 5.74) is 0.0475. The van der Waals surface area contributed by atoms with Gasteiger partial charge in [0.15, 0.2) is 5.11 Å². The minimum Gasteiger partial charge on any atom is -0.376 e. The first-order chi connectivity index (χ1) is 10.1. The van der Waals surface area contributed by atoms with Gasteiger partial charge in [0, 0.05) is 30.8 Å². The average Bonchev–Trinajstić information content (AvgIpc) is 2.98. The van der Waals surface area contributed by atoms with Gasteiger partial charge < -0.3 is 10.1 Å². The molecule has 2 N–H and O–H groups in total. The van der Waals surface area contributed by atoms with Crippen LogP contribution in [0.25, 0.3) is 0 Å². The van der Waals surface area contributed by atoms with E-state index in [0.29, 0.717) is 6.54 Å². The molecule has 112 valence electrons. The molecule has 1 heterocycles. The van der Waals surface area contributed by atoms with Crippen molar-refractivity contribution in [1.29, 1.82) is 0 Å². The van der Waals surface area contributed by atoms with E-state index in [0.717, 1.165) is 19.4 Å². The molecule has 0 aromatic heterocycles. The summed E-state index contributed by atoms with van der Waals surface area (Å²) in [6, 6.07) is 5.48. The molecule has 0 spiro atoms. The number of benzene rings is 1. The van der Waals surface area contributed by atoms with Crippen LogP contribution >= 0.6 is 12.2 Å². The van der Waals surface area contributed by atoms with Gasteiger partial charge in [0.25, 0.3) is 11.6 Å². The smallest absolute Gasteiger partial charge is 0.270 e. The number of nitro benzene ring substituents is 1. The van der Waals surface area contributed by atoms with Gasteiger partial charge in [0.05, 0.1) is 11.0 Å². The largest absolute Gasteiger partial charge is 0.376 e. The highest BCUT2D eigenvalue weighted by Crippen LogP contribution is 2.13. The molecule has 7 nitrogen and oxygen atoms in total. The molecule has 0 aliphatic carbocycles. The number of carbonyl (C=O) groups is 1. The second-order valence-corrected chi connectivity index (χ2v) is 5.01. The van der Waals surface area contributed by atoms with E-state index < -0.39 is 10.8 Å². The van der Waals surface area contributed by atoms with E-state index in [9.17, 15) is 14.9 Å². The van der Waals surface area contributed by atoms with Gasteiger partial charge in [-0.3, -0.25) is 20.2 Å². The molecule has 1 aromatic carbocycles. The first-order valence-electron chi connectivity index (χ1n) is 6.51. The fourth-order valence-corrected chi connectivity index (χ4v) is 2.17. The molecule has 0 unspecified atom stereocenters. The number of hydrogen-bond donors (Lipinski definition) is 2. The maximum Gasteiger partial charge on any atom is 0.270 e. The molecule has 1 aromatic rings. The Hall–Kier alpha value is -2.06. The molecule has 21 heavy (non-hydrogen) atoms. The maximum atomic E-state index is 11.9. The predicted octanol–water partition coefficient (Wildman–Crippen LogP) is 1.38. The van der Waals surface area contributed by atoms with Crippen molar-refractivity contribution in [3.63, 3.8) is 0 Å². The number of carbonyl (C=O) groups excluding carboxylic acids is 1. The van der Waals surface area contributed by atoms with Crippen LogP contribution in [-0.4, -0.2) is 35.2 Å². The van der Waals surface area contributed by atoms with E-state index in [-0.39, 0.29) is 22.5 Å². The molecular formula is C13H15N3O4S. The van der Waals surface area contributed by atoms with Crippen LogP contribution in [0.2, 0.25) is 0 Å². The number of rotatable bonds is 4. The molecular weight excluding hydrogens is 294 g/mol. The molecule has 0 radical (unpaired) electrons. The van der Waals surface area contributed by atoms with Gasteiger partial charge in [-0.15, -0.1) is 0 Å². The van der Waals surface area contributed by atoms with E-state index >= 15 is 0 Å². The van der Waals surface area contributed by atoms with Crippen LogP contribution in [-0.2, 0) is 4.74 Å². The summed E-state index contributed by atoms with van der Waals surface area (Å²) >= 11 is 5.02.